The molecule has 0 unspecified atom stereocenters. The molecule has 7 heteroatoms. The minimum absolute atomic E-state index is 0.0154. The number of amides is 1. The number of hydrogen-bond acceptors (Lipinski definition) is 3. The Hall–Kier alpha value is -3.35. The zero-order valence-electron chi connectivity index (χ0n) is 17.6. The van der Waals surface area contributed by atoms with E-state index in [1.54, 1.807) is 29.7 Å². The van der Waals surface area contributed by atoms with Crippen molar-refractivity contribution in [1.29, 1.82) is 0 Å². The fourth-order valence-electron chi connectivity index (χ4n) is 4.59. The molecular formula is C24H25FN2O4. The lowest BCUT2D eigenvalue weighted by atomic mass is 9.90. The number of carbonyl (C=O) groups excluding carboxylic acids is 1. The Morgan fingerprint density at radius 3 is 2.77 bits per heavy atom. The van der Waals surface area contributed by atoms with Crippen LogP contribution in [0.5, 0.6) is 5.75 Å². The van der Waals surface area contributed by atoms with Crippen molar-refractivity contribution in [3.05, 3.63) is 65.1 Å². The van der Waals surface area contributed by atoms with Crippen LogP contribution in [0.4, 0.5) is 4.39 Å². The number of ether oxygens (including phenoxy) is 1. The number of rotatable bonds is 6. The largest absolute Gasteiger partial charge is 0.496 e. The molecule has 31 heavy (non-hydrogen) atoms. The number of carboxylic acids is 1. The van der Waals surface area contributed by atoms with Gasteiger partial charge in [0, 0.05) is 35.2 Å². The number of halogens is 1. The molecule has 0 spiro atoms. The highest BCUT2D eigenvalue weighted by Gasteiger charge is 2.30. The normalized spacial score (nSPS) is 15.5. The molecule has 6 nitrogen and oxygen atoms in total. The second kappa shape index (κ2) is 8.41. The van der Waals surface area contributed by atoms with Crippen molar-refractivity contribution in [3.63, 3.8) is 0 Å². The van der Waals surface area contributed by atoms with Crippen molar-refractivity contribution >= 4 is 22.8 Å². The lowest BCUT2D eigenvalue weighted by molar-refractivity contribution is -0.137. The van der Waals surface area contributed by atoms with Crippen LogP contribution in [-0.4, -0.2) is 46.6 Å². The molecule has 0 aliphatic heterocycles. The number of nitrogens with zero attached hydrogens (tertiary/aromatic N) is 2. The van der Waals surface area contributed by atoms with E-state index in [9.17, 15) is 19.1 Å². The number of benzene rings is 2. The summed E-state index contributed by atoms with van der Waals surface area (Å²) in [6, 6.07) is 11.9. The number of fused-ring (bicyclic) bond motifs is 3. The maximum absolute atomic E-state index is 14.0. The third kappa shape index (κ3) is 4.00. The smallest absolute Gasteiger partial charge is 0.323 e. The molecule has 162 valence electrons. The van der Waals surface area contributed by atoms with Crippen LogP contribution in [-0.2, 0) is 35.4 Å². The predicted octanol–water partition coefficient (Wildman–Crippen LogP) is 3.43. The Morgan fingerprint density at radius 2 is 2.03 bits per heavy atom. The highest BCUT2D eigenvalue weighted by atomic mass is 19.1. The number of likely N-dealkylation sites (N-methyl/N-ethyl adjacent to an activating group) is 1. The van der Waals surface area contributed by atoms with Crippen molar-refractivity contribution < 1.29 is 23.8 Å². The Bertz CT molecular complexity index is 1150. The molecule has 0 radical (unpaired) electrons. The van der Waals surface area contributed by atoms with E-state index in [1.807, 2.05) is 24.3 Å². The molecule has 2 aromatic carbocycles. The lowest BCUT2D eigenvalue weighted by Crippen LogP contribution is -2.41. The summed E-state index contributed by atoms with van der Waals surface area (Å²) in [5.41, 5.74) is 3.41. The van der Waals surface area contributed by atoms with Gasteiger partial charge in [0.1, 0.15) is 18.1 Å². The van der Waals surface area contributed by atoms with E-state index >= 15 is 0 Å². The van der Waals surface area contributed by atoms with Gasteiger partial charge in [-0.3, -0.25) is 9.59 Å². The molecule has 0 fully saturated rings. The summed E-state index contributed by atoms with van der Waals surface area (Å²) in [6.45, 7) is -0.162. The van der Waals surface area contributed by atoms with Gasteiger partial charge in [-0.15, -0.1) is 0 Å². The van der Waals surface area contributed by atoms with Gasteiger partial charge >= 0.3 is 5.97 Å². The van der Waals surface area contributed by atoms with Gasteiger partial charge in [-0.05, 0) is 49.1 Å². The average Bonchev–Trinajstić information content (AvgIpc) is 3.05. The number of methoxy groups -OCH3 is 1. The number of aromatic nitrogens is 1. The number of carboxylic acid groups (broad SMARTS) is 1. The van der Waals surface area contributed by atoms with Gasteiger partial charge < -0.3 is 19.3 Å². The number of para-hydroxylation sites is 1. The molecule has 1 heterocycles. The highest BCUT2D eigenvalue weighted by Crippen LogP contribution is 2.34. The van der Waals surface area contributed by atoms with Crippen LogP contribution < -0.4 is 4.74 Å². The van der Waals surface area contributed by atoms with Gasteiger partial charge in [-0.25, -0.2) is 4.39 Å². The molecular weight excluding hydrogens is 399 g/mol. The zero-order valence-corrected chi connectivity index (χ0v) is 17.6. The summed E-state index contributed by atoms with van der Waals surface area (Å²) in [6.07, 6.45) is 2.16. The first-order valence-electron chi connectivity index (χ1n) is 10.3. The molecule has 1 amide bonds. The van der Waals surface area contributed by atoms with E-state index < -0.39 is 5.97 Å². The van der Waals surface area contributed by atoms with Crippen molar-refractivity contribution in [3.8, 4) is 5.75 Å². The summed E-state index contributed by atoms with van der Waals surface area (Å²) in [5, 5.41) is 10.1. The molecule has 0 saturated heterocycles. The first-order chi connectivity index (χ1) is 14.9. The fourth-order valence-corrected chi connectivity index (χ4v) is 4.59. The Kier molecular flexibility index (Phi) is 5.67. The Balaban J connectivity index is 1.61. The topological polar surface area (TPSA) is 71.8 Å². The third-order valence-corrected chi connectivity index (χ3v) is 6.17. The van der Waals surface area contributed by atoms with Gasteiger partial charge in [0.2, 0.25) is 5.91 Å². The fraction of sp³-hybridized carbons (Fsp3) is 0.333. The second-order valence-corrected chi connectivity index (χ2v) is 7.96. The van der Waals surface area contributed by atoms with E-state index in [0.29, 0.717) is 18.6 Å². The van der Waals surface area contributed by atoms with Gasteiger partial charge in [-0.1, -0.05) is 18.2 Å². The molecule has 0 saturated carbocycles. The van der Waals surface area contributed by atoms with E-state index in [0.717, 1.165) is 34.1 Å². The molecule has 0 bridgehead atoms. The van der Waals surface area contributed by atoms with Crippen LogP contribution in [0.2, 0.25) is 0 Å². The van der Waals surface area contributed by atoms with Crippen LogP contribution in [0.25, 0.3) is 10.9 Å². The second-order valence-electron chi connectivity index (χ2n) is 7.96. The highest BCUT2D eigenvalue weighted by molar-refractivity contribution is 5.87. The quantitative estimate of drug-likeness (QED) is 0.658. The third-order valence-electron chi connectivity index (χ3n) is 6.17. The molecule has 3 aromatic rings. The van der Waals surface area contributed by atoms with Crippen LogP contribution in [0.1, 0.15) is 23.2 Å². The molecule has 1 aliphatic rings. The number of aliphatic carboxylic acids is 1. The Labute approximate surface area is 179 Å². The molecule has 4 rings (SSSR count). The first kappa shape index (κ1) is 20.9. The van der Waals surface area contributed by atoms with Gasteiger partial charge in [-0.2, -0.15) is 0 Å². The summed E-state index contributed by atoms with van der Waals surface area (Å²) in [4.78, 5) is 26.1. The summed E-state index contributed by atoms with van der Waals surface area (Å²) in [5.74, 6) is -0.624. The molecule has 1 aliphatic carbocycles. The minimum Gasteiger partial charge on any atom is -0.496 e. The molecule has 1 N–H and O–H groups in total. The molecule has 1 aromatic heterocycles. The lowest BCUT2D eigenvalue weighted by Gasteiger charge is -2.32. The minimum atomic E-state index is -0.935. The van der Waals surface area contributed by atoms with Crippen molar-refractivity contribution in [2.75, 3.05) is 14.2 Å². The standard InChI is InChI=1S/C24H25FN2O4/c1-26(23(28)11-15-5-3-4-6-22(15)31-2)17-8-10-21-19(13-17)18-12-16(25)7-9-20(18)27(21)14-24(29)30/h3-7,9,12,17H,8,10-11,13-14H2,1-2H3,(H,29,30)/t17-/m0/s1. The van der Waals surface area contributed by atoms with Crippen molar-refractivity contribution in [1.82, 2.24) is 9.47 Å². The monoisotopic (exact) mass is 424 g/mol. The van der Waals surface area contributed by atoms with Crippen LogP contribution in [0, 0.1) is 5.82 Å². The molecule has 1 atom stereocenters. The maximum Gasteiger partial charge on any atom is 0.323 e. The van der Waals surface area contributed by atoms with Gasteiger partial charge in [0.05, 0.1) is 13.5 Å². The summed E-state index contributed by atoms with van der Waals surface area (Å²) >= 11 is 0. The van der Waals surface area contributed by atoms with E-state index in [2.05, 4.69) is 0 Å². The van der Waals surface area contributed by atoms with Crippen LogP contribution in [0.3, 0.4) is 0 Å². The van der Waals surface area contributed by atoms with Crippen molar-refractivity contribution in [2.24, 2.45) is 0 Å². The average molecular weight is 424 g/mol. The zero-order chi connectivity index (χ0) is 22.1. The van der Waals surface area contributed by atoms with E-state index in [-0.39, 0.29) is 30.7 Å². The predicted molar refractivity (Wildman–Crippen MR) is 115 cm³/mol. The van der Waals surface area contributed by atoms with Gasteiger partial charge in [0.15, 0.2) is 0 Å². The number of hydrogen-bond donors (Lipinski definition) is 1. The number of carbonyl (C=O) groups is 2. The van der Waals surface area contributed by atoms with E-state index in [1.165, 1.54) is 12.1 Å². The Morgan fingerprint density at radius 1 is 1.26 bits per heavy atom. The first-order valence-corrected chi connectivity index (χ1v) is 10.3. The maximum atomic E-state index is 14.0. The SMILES string of the molecule is COc1ccccc1CC(=O)N(C)[C@H]1CCc2c(c3cc(F)ccc3n2CC(=O)O)C1. The van der Waals surface area contributed by atoms with E-state index in [4.69, 9.17) is 4.74 Å². The summed E-state index contributed by atoms with van der Waals surface area (Å²) < 4.78 is 21.1. The van der Waals surface area contributed by atoms with Crippen molar-refractivity contribution in [2.45, 2.75) is 38.3 Å². The van der Waals surface area contributed by atoms with Gasteiger partial charge in [0.25, 0.3) is 0 Å². The van der Waals surface area contributed by atoms with Crippen LogP contribution >= 0.6 is 0 Å². The summed E-state index contributed by atoms with van der Waals surface area (Å²) in [7, 11) is 3.38. The van der Waals surface area contributed by atoms with Crippen LogP contribution in [0.15, 0.2) is 42.5 Å².